The monoisotopic (exact) mass is 478 g/mol. The number of hydrogen-bond acceptors (Lipinski definition) is 3. The Kier molecular flexibility index (Phi) is 9.79. The number of halogens is 4. The molecule has 2 N–H and O–H groups in total. The van der Waals surface area contributed by atoms with Gasteiger partial charge < -0.3 is 20.3 Å². The van der Waals surface area contributed by atoms with Crippen molar-refractivity contribution in [1.82, 2.24) is 15.5 Å². The van der Waals surface area contributed by atoms with Gasteiger partial charge in [-0.2, -0.15) is 13.2 Å². The molecule has 148 valence electrons. The summed E-state index contributed by atoms with van der Waals surface area (Å²) in [6.07, 6.45) is -2.20. The van der Waals surface area contributed by atoms with Gasteiger partial charge in [-0.1, -0.05) is 0 Å². The van der Waals surface area contributed by atoms with Gasteiger partial charge in [0, 0.05) is 33.2 Å². The number of rotatable bonds is 4. The van der Waals surface area contributed by atoms with E-state index in [2.05, 4.69) is 27.6 Å². The van der Waals surface area contributed by atoms with Crippen LogP contribution in [0.15, 0.2) is 4.99 Å². The molecule has 1 aliphatic heterocycles. The Morgan fingerprint density at radius 2 is 1.80 bits per heavy atom. The van der Waals surface area contributed by atoms with Gasteiger partial charge in [-0.25, -0.2) is 0 Å². The molecule has 2 aliphatic rings. The molecule has 2 rings (SSSR count). The van der Waals surface area contributed by atoms with Crippen LogP contribution in [-0.4, -0.2) is 70.0 Å². The van der Waals surface area contributed by atoms with E-state index in [4.69, 9.17) is 4.74 Å². The first-order valence-corrected chi connectivity index (χ1v) is 8.70. The van der Waals surface area contributed by atoms with E-state index in [1.165, 1.54) is 0 Å². The van der Waals surface area contributed by atoms with Gasteiger partial charge in [0.15, 0.2) is 5.96 Å². The highest BCUT2D eigenvalue weighted by Crippen LogP contribution is 2.39. The number of ether oxygens (including phenoxy) is 1. The second kappa shape index (κ2) is 10.8. The largest absolute Gasteiger partial charge is 0.391 e. The van der Waals surface area contributed by atoms with Gasteiger partial charge >= 0.3 is 6.18 Å². The van der Waals surface area contributed by atoms with Gasteiger partial charge in [0.2, 0.25) is 0 Å². The molecule has 0 aromatic carbocycles. The van der Waals surface area contributed by atoms with E-state index < -0.39 is 12.1 Å². The molecular formula is C16H30F3IN4O. The molecule has 0 spiro atoms. The topological polar surface area (TPSA) is 48.9 Å². The zero-order valence-corrected chi connectivity index (χ0v) is 17.3. The van der Waals surface area contributed by atoms with Gasteiger partial charge in [-0.15, -0.1) is 24.0 Å². The predicted molar refractivity (Wildman–Crippen MR) is 104 cm³/mol. The second-order valence-electron chi connectivity index (χ2n) is 6.85. The van der Waals surface area contributed by atoms with Crippen molar-refractivity contribution in [3.8, 4) is 0 Å². The first-order valence-electron chi connectivity index (χ1n) is 8.70. The molecule has 1 saturated carbocycles. The van der Waals surface area contributed by atoms with Crippen LogP contribution in [0.4, 0.5) is 13.2 Å². The van der Waals surface area contributed by atoms with Crippen molar-refractivity contribution in [1.29, 1.82) is 0 Å². The van der Waals surface area contributed by atoms with Gasteiger partial charge in [0.25, 0.3) is 0 Å². The van der Waals surface area contributed by atoms with Crippen LogP contribution in [0.25, 0.3) is 0 Å². The van der Waals surface area contributed by atoms with E-state index in [0.29, 0.717) is 31.9 Å². The summed E-state index contributed by atoms with van der Waals surface area (Å²) in [6, 6.07) is 0. The lowest BCUT2D eigenvalue weighted by Gasteiger charge is -2.31. The van der Waals surface area contributed by atoms with Crippen molar-refractivity contribution in [2.75, 3.05) is 46.9 Å². The quantitative estimate of drug-likeness (QED) is 0.371. The Bertz CT molecular complexity index is 415. The lowest BCUT2D eigenvalue weighted by atomic mass is 9.81. The number of alkyl halides is 3. The minimum atomic E-state index is -4.04. The average molecular weight is 478 g/mol. The zero-order valence-electron chi connectivity index (χ0n) is 14.9. The maximum Gasteiger partial charge on any atom is 0.391 e. The minimum absolute atomic E-state index is 0. The van der Waals surface area contributed by atoms with E-state index in [9.17, 15) is 13.2 Å². The number of likely N-dealkylation sites (N-methyl/N-ethyl adjacent to an activating group) is 1. The average Bonchev–Trinajstić information content (AvgIpc) is 2.55. The number of guanidine groups is 1. The first kappa shape index (κ1) is 22.8. The SMILES string of the molecule is CN=C(NCC1CCC(C(F)(F)F)CC1)NCC1CN(C)CCO1.I. The first-order chi connectivity index (χ1) is 11.4. The Morgan fingerprint density at radius 1 is 1.16 bits per heavy atom. The van der Waals surface area contributed by atoms with E-state index in [1.807, 2.05) is 0 Å². The molecular weight excluding hydrogens is 448 g/mol. The van der Waals surface area contributed by atoms with E-state index >= 15 is 0 Å². The van der Waals surface area contributed by atoms with Crippen LogP contribution in [0.3, 0.4) is 0 Å². The summed E-state index contributed by atoms with van der Waals surface area (Å²) in [6.45, 7) is 3.90. The Labute approximate surface area is 165 Å². The number of hydrogen-bond donors (Lipinski definition) is 2. The molecule has 2 fully saturated rings. The fourth-order valence-corrected chi connectivity index (χ4v) is 3.36. The third-order valence-corrected chi connectivity index (χ3v) is 4.93. The Morgan fingerprint density at radius 3 is 2.36 bits per heavy atom. The summed E-state index contributed by atoms with van der Waals surface area (Å²) in [4.78, 5) is 6.40. The minimum Gasteiger partial charge on any atom is -0.374 e. The number of nitrogens with zero attached hydrogens (tertiary/aromatic N) is 2. The third kappa shape index (κ3) is 7.86. The number of nitrogens with one attached hydrogen (secondary N) is 2. The normalized spacial score (nSPS) is 29.0. The molecule has 1 unspecified atom stereocenters. The van der Waals surface area contributed by atoms with Crippen molar-refractivity contribution in [2.24, 2.45) is 16.8 Å². The fraction of sp³-hybridized carbons (Fsp3) is 0.938. The smallest absolute Gasteiger partial charge is 0.374 e. The molecule has 0 aromatic heterocycles. The molecule has 1 heterocycles. The van der Waals surface area contributed by atoms with Gasteiger partial charge in [0.05, 0.1) is 18.6 Å². The maximum atomic E-state index is 12.7. The molecule has 0 aromatic rings. The van der Waals surface area contributed by atoms with Crippen LogP contribution in [0.1, 0.15) is 25.7 Å². The number of aliphatic imine (C=N–C) groups is 1. The second-order valence-corrected chi connectivity index (χ2v) is 6.85. The maximum absolute atomic E-state index is 12.7. The molecule has 9 heteroatoms. The molecule has 0 amide bonds. The van der Waals surface area contributed by atoms with Crippen LogP contribution in [-0.2, 0) is 4.74 Å². The van der Waals surface area contributed by atoms with Crippen LogP contribution in [0, 0.1) is 11.8 Å². The van der Waals surface area contributed by atoms with Crippen molar-refractivity contribution in [3.63, 3.8) is 0 Å². The predicted octanol–water partition coefficient (Wildman–Crippen LogP) is 2.47. The summed E-state index contributed by atoms with van der Waals surface area (Å²) in [7, 11) is 3.77. The molecule has 0 radical (unpaired) electrons. The summed E-state index contributed by atoms with van der Waals surface area (Å²) >= 11 is 0. The van der Waals surface area contributed by atoms with Crippen molar-refractivity contribution in [2.45, 2.75) is 38.0 Å². The molecule has 5 nitrogen and oxygen atoms in total. The third-order valence-electron chi connectivity index (χ3n) is 4.93. The Balaban J connectivity index is 0.00000312. The van der Waals surface area contributed by atoms with Gasteiger partial charge in [-0.05, 0) is 38.6 Å². The lowest BCUT2D eigenvalue weighted by molar-refractivity contribution is -0.183. The van der Waals surface area contributed by atoms with Gasteiger partial charge in [-0.3, -0.25) is 4.99 Å². The fourth-order valence-electron chi connectivity index (χ4n) is 3.36. The summed E-state index contributed by atoms with van der Waals surface area (Å²) in [5.74, 6) is -0.157. The van der Waals surface area contributed by atoms with E-state index in [0.717, 1.165) is 19.7 Å². The van der Waals surface area contributed by atoms with E-state index in [1.54, 1.807) is 7.05 Å². The van der Waals surface area contributed by atoms with Crippen LogP contribution in [0.5, 0.6) is 0 Å². The molecule has 0 bridgehead atoms. The standard InChI is InChI=1S/C16H29F3N4O.HI/c1-20-15(22-10-14-11-23(2)7-8-24-14)21-9-12-3-5-13(6-4-12)16(17,18)19;/h12-14H,3-11H2,1-2H3,(H2,20,21,22);1H. The number of morpholine rings is 1. The van der Waals surface area contributed by atoms with Crippen molar-refractivity contribution in [3.05, 3.63) is 0 Å². The lowest BCUT2D eigenvalue weighted by Crippen LogP contribution is -2.49. The van der Waals surface area contributed by atoms with Crippen molar-refractivity contribution < 1.29 is 17.9 Å². The molecule has 1 atom stereocenters. The molecule has 1 saturated heterocycles. The van der Waals surface area contributed by atoms with Crippen LogP contribution in [0.2, 0.25) is 0 Å². The highest BCUT2D eigenvalue weighted by Gasteiger charge is 2.41. The Hall–Kier alpha value is -0.290. The summed E-state index contributed by atoms with van der Waals surface area (Å²) < 4.78 is 43.7. The highest BCUT2D eigenvalue weighted by atomic mass is 127. The molecule has 1 aliphatic carbocycles. The van der Waals surface area contributed by atoms with Crippen molar-refractivity contribution >= 4 is 29.9 Å². The summed E-state index contributed by atoms with van der Waals surface area (Å²) in [5, 5.41) is 6.47. The van der Waals surface area contributed by atoms with Crippen LogP contribution >= 0.6 is 24.0 Å². The molecule has 25 heavy (non-hydrogen) atoms. The van der Waals surface area contributed by atoms with E-state index in [-0.39, 0.29) is 48.8 Å². The van der Waals surface area contributed by atoms with Crippen LogP contribution < -0.4 is 10.6 Å². The summed E-state index contributed by atoms with van der Waals surface area (Å²) in [5.41, 5.74) is 0. The highest BCUT2D eigenvalue weighted by molar-refractivity contribution is 14.0. The zero-order chi connectivity index (χ0) is 17.6. The van der Waals surface area contributed by atoms with Gasteiger partial charge in [0.1, 0.15) is 0 Å².